The average molecular weight is 363 g/mol. The molecule has 1 heterocycles. The van der Waals surface area contributed by atoms with Gasteiger partial charge in [-0.05, 0) is 31.4 Å². The van der Waals surface area contributed by atoms with Crippen LogP contribution in [-0.4, -0.2) is 45.4 Å². The van der Waals surface area contributed by atoms with Gasteiger partial charge in [-0.2, -0.15) is 0 Å². The molecule has 1 saturated heterocycles. The molecule has 0 radical (unpaired) electrons. The quantitative estimate of drug-likeness (QED) is 0.702. The van der Waals surface area contributed by atoms with E-state index in [2.05, 4.69) is 5.32 Å². The molecule has 1 amide bonds. The van der Waals surface area contributed by atoms with Gasteiger partial charge in [0.1, 0.15) is 6.10 Å². The summed E-state index contributed by atoms with van der Waals surface area (Å²) >= 11 is 0. The lowest BCUT2D eigenvalue weighted by Crippen LogP contribution is -2.36. The van der Waals surface area contributed by atoms with E-state index in [0.717, 1.165) is 6.42 Å². The van der Waals surface area contributed by atoms with Crippen molar-refractivity contribution in [3.8, 4) is 0 Å². The standard InChI is InChI=1S/C15H22N2O4S.ClH/c16-11-12-7-8-14(21-12)15(18)17-9-4-10-22(19,20)13-5-2-1-3-6-13;/h1-3,5-6,12,14H,4,7-11,16H2,(H,17,18);1H/t12-,14+;/m1./s1. The van der Waals surface area contributed by atoms with Crippen molar-refractivity contribution in [2.24, 2.45) is 5.73 Å². The highest BCUT2D eigenvalue weighted by atomic mass is 35.5. The Kier molecular flexibility index (Phi) is 7.98. The highest BCUT2D eigenvalue weighted by molar-refractivity contribution is 7.91. The van der Waals surface area contributed by atoms with Crippen molar-refractivity contribution < 1.29 is 17.9 Å². The predicted octanol–water partition coefficient (Wildman–Crippen LogP) is 0.895. The Hall–Kier alpha value is -1.15. The number of nitrogens with two attached hydrogens (primary N) is 1. The smallest absolute Gasteiger partial charge is 0.249 e. The van der Waals surface area contributed by atoms with Crippen molar-refractivity contribution in [1.29, 1.82) is 0 Å². The first-order chi connectivity index (χ1) is 10.5. The fourth-order valence-corrected chi connectivity index (χ4v) is 3.74. The van der Waals surface area contributed by atoms with Gasteiger partial charge in [0.25, 0.3) is 0 Å². The number of amides is 1. The molecule has 0 aromatic heterocycles. The van der Waals surface area contributed by atoms with E-state index in [1.807, 2.05) is 0 Å². The molecule has 23 heavy (non-hydrogen) atoms. The zero-order valence-electron chi connectivity index (χ0n) is 12.8. The van der Waals surface area contributed by atoms with Gasteiger partial charge < -0.3 is 15.8 Å². The van der Waals surface area contributed by atoms with Crippen molar-refractivity contribution in [3.05, 3.63) is 30.3 Å². The Morgan fingerprint density at radius 3 is 2.57 bits per heavy atom. The molecular formula is C15H23ClN2O4S. The van der Waals surface area contributed by atoms with Crippen LogP contribution < -0.4 is 11.1 Å². The number of sulfone groups is 1. The maximum absolute atomic E-state index is 12.1. The number of ether oxygens (including phenoxy) is 1. The van der Waals surface area contributed by atoms with Crippen LogP contribution in [0.25, 0.3) is 0 Å². The van der Waals surface area contributed by atoms with E-state index in [-0.39, 0.29) is 30.2 Å². The molecular weight excluding hydrogens is 340 g/mol. The molecule has 1 aliphatic rings. The minimum absolute atomic E-state index is 0. The van der Waals surface area contributed by atoms with E-state index in [0.29, 0.717) is 30.8 Å². The van der Waals surface area contributed by atoms with E-state index >= 15 is 0 Å². The third kappa shape index (κ3) is 5.76. The molecule has 0 aliphatic carbocycles. The largest absolute Gasteiger partial charge is 0.364 e. The molecule has 0 spiro atoms. The fraction of sp³-hybridized carbons (Fsp3) is 0.533. The minimum Gasteiger partial charge on any atom is -0.364 e. The van der Waals surface area contributed by atoms with Crippen LogP contribution in [0.3, 0.4) is 0 Å². The molecule has 1 aromatic carbocycles. The van der Waals surface area contributed by atoms with E-state index < -0.39 is 15.9 Å². The summed E-state index contributed by atoms with van der Waals surface area (Å²) in [4.78, 5) is 12.2. The summed E-state index contributed by atoms with van der Waals surface area (Å²) in [7, 11) is -3.29. The van der Waals surface area contributed by atoms with Crippen molar-refractivity contribution in [3.63, 3.8) is 0 Å². The lowest BCUT2D eigenvalue weighted by molar-refractivity contribution is -0.131. The lowest BCUT2D eigenvalue weighted by Gasteiger charge is -2.12. The molecule has 0 bridgehead atoms. The highest BCUT2D eigenvalue weighted by Gasteiger charge is 2.29. The van der Waals surface area contributed by atoms with Gasteiger partial charge in [0.05, 0.1) is 16.8 Å². The number of carbonyl (C=O) groups excluding carboxylic acids is 1. The minimum atomic E-state index is -3.29. The van der Waals surface area contributed by atoms with Gasteiger partial charge in [0.2, 0.25) is 5.91 Å². The molecule has 1 aromatic rings. The molecule has 1 fully saturated rings. The van der Waals surface area contributed by atoms with Gasteiger partial charge in [-0.1, -0.05) is 18.2 Å². The first-order valence-electron chi connectivity index (χ1n) is 7.44. The van der Waals surface area contributed by atoms with Crippen LogP contribution in [-0.2, 0) is 19.4 Å². The summed E-state index contributed by atoms with van der Waals surface area (Å²) in [6.45, 7) is 0.733. The van der Waals surface area contributed by atoms with Crippen LogP contribution >= 0.6 is 12.4 Å². The highest BCUT2D eigenvalue weighted by Crippen LogP contribution is 2.18. The molecule has 6 nitrogen and oxygen atoms in total. The fourth-order valence-electron chi connectivity index (χ4n) is 2.41. The van der Waals surface area contributed by atoms with Gasteiger partial charge in [0.15, 0.2) is 9.84 Å². The summed E-state index contributed by atoms with van der Waals surface area (Å²) in [5.74, 6) is -0.179. The normalized spacial score (nSPS) is 20.7. The number of rotatable bonds is 7. The van der Waals surface area contributed by atoms with Crippen molar-refractivity contribution in [2.45, 2.75) is 36.4 Å². The third-order valence-electron chi connectivity index (χ3n) is 3.65. The topological polar surface area (TPSA) is 98.5 Å². The van der Waals surface area contributed by atoms with E-state index in [1.165, 1.54) is 0 Å². The molecule has 130 valence electrons. The number of hydrogen-bond acceptors (Lipinski definition) is 5. The number of hydrogen-bond donors (Lipinski definition) is 2. The number of halogens is 1. The maximum atomic E-state index is 12.1. The zero-order valence-corrected chi connectivity index (χ0v) is 14.4. The van der Waals surface area contributed by atoms with Crippen LogP contribution in [0.5, 0.6) is 0 Å². The number of carbonyl (C=O) groups is 1. The second-order valence-corrected chi connectivity index (χ2v) is 7.45. The SMILES string of the molecule is Cl.NC[C@H]1CC[C@@H](C(=O)NCCCS(=O)(=O)c2ccccc2)O1. The Labute approximate surface area is 143 Å². The molecule has 2 atom stereocenters. The van der Waals surface area contributed by atoms with Gasteiger partial charge in [0, 0.05) is 13.1 Å². The molecule has 8 heteroatoms. The van der Waals surface area contributed by atoms with Crippen LogP contribution in [0, 0.1) is 0 Å². The summed E-state index contributed by atoms with van der Waals surface area (Å²) in [6.07, 6.45) is 1.32. The Morgan fingerprint density at radius 2 is 1.96 bits per heavy atom. The van der Waals surface area contributed by atoms with Crippen molar-refractivity contribution >= 4 is 28.2 Å². The summed E-state index contributed by atoms with van der Waals surface area (Å²) in [5.41, 5.74) is 5.50. The zero-order chi connectivity index (χ0) is 16.0. The number of nitrogens with one attached hydrogen (secondary N) is 1. The average Bonchev–Trinajstić information content (AvgIpc) is 3.01. The molecule has 3 N–H and O–H groups in total. The Bertz CT molecular complexity index is 595. The van der Waals surface area contributed by atoms with Crippen molar-refractivity contribution in [1.82, 2.24) is 5.32 Å². The van der Waals surface area contributed by atoms with E-state index in [1.54, 1.807) is 30.3 Å². The van der Waals surface area contributed by atoms with Crippen LogP contribution in [0.15, 0.2) is 35.2 Å². The Balaban J connectivity index is 0.00000264. The summed E-state index contributed by atoms with van der Waals surface area (Å²) in [5, 5.41) is 2.72. The van der Waals surface area contributed by atoms with Crippen LogP contribution in [0.1, 0.15) is 19.3 Å². The van der Waals surface area contributed by atoms with Crippen LogP contribution in [0.4, 0.5) is 0 Å². The molecule has 0 saturated carbocycles. The van der Waals surface area contributed by atoms with E-state index in [4.69, 9.17) is 10.5 Å². The second-order valence-electron chi connectivity index (χ2n) is 5.34. The summed E-state index contributed by atoms with van der Waals surface area (Å²) in [6, 6.07) is 8.32. The predicted molar refractivity (Wildman–Crippen MR) is 90.3 cm³/mol. The van der Waals surface area contributed by atoms with E-state index in [9.17, 15) is 13.2 Å². The molecule has 1 aliphatic heterocycles. The summed E-state index contributed by atoms with van der Waals surface area (Å²) < 4.78 is 29.6. The molecule has 2 rings (SSSR count). The maximum Gasteiger partial charge on any atom is 0.249 e. The van der Waals surface area contributed by atoms with Crippen molar-refractivity contribution in [2.75, 3.05) is 18.8 Å². The van der Waals surface area contributed by atoms with Gasteiger partial charge in [-0.15, -0.1) is 12.4 Å². The van der Waals surface area contributed by atoms with Gasteiger partial charge in [-0.3, -0.25) is 4.79 Å². The van der Waals surface area contributed by atoms with Crippen LogP contribution in [0.2, 0.25) is 0 Å². The lowest BCUT2D eigenvalue weighted by atomic mass is 10.2. The molecule has 0 unspecified atom stereocenters. The number of benzene rings is 1. The van der Waals surface area contributed by atoms with Gasteiger partial charge in [-0.25, -0.2) is 8.42 Å². The Morgan fingerprint density at radius 1 is 1.26 bits per heavy atom. The monoisotopic (exact) mass is 362 g/mol. The first-order valence-corrected chi connectivity index (χ1v) is 9.09. The van der Waals surface area contributed by atoms with Gasteiger partial charge >= 0.3 is 0 Å². The second kappa shape index (κ2) is 9.22. The third-order valence-corrected chi connectivity index (χ3v) is 5.47. The first kappa shape index (κ1) is 19.9.